The van der Waals surface area contributed by atoms with Crippen LogP contribution in [0, 0.1) is 11.8 Å². The van der Waals surface area contributed by atoms with Crippen LogP contribution in [0.2, 0.25) is 0 Å². The fourth-order valence-electron chi connectivity index (χ4n) is 7.72. The molecular weight excluding hydrogens is 490 g/mol. The number of hydrogen-bond acceptors (Lipinski definition) is 3. The number of piperidine rings is 1. The molecule has 2 unspecified atom stereocenters. The Kier molecular flexibility index (Phi) is 4.90. The van der Waals surface area contributed by atoms with Crippen molar-refractivity contribution in [2.45, 2.75) is 61.7 Å². The van der Waals surface area contributed by atoms with Gasteiger partial charge < -0.3 is 32.3 Å². The lowest BCUT2D eigenvalue weighted by molar-refractivity contribution is -0.939. The third-order valence-corrected chi connectivity index (χ3v) is 9.72. The smallest absolute Gasteiger partial charge is 0.165 e. The van der Waals surface area contributed by atoms with Gasteiger partial charge >= 0.3 is 0 Å². The van der Waals surface area contributed by atoms with Gasteiger partial charge in [-0.3, -0.25) is 0 Å². The van der Waals surface area contributed by atoms with Crippen LogP contribution < -0.4 is 22.0 Å². The van der Waals surface area contributed by atoms with Crippen LogP contribution in [0.15, 0.2) is 40.9 Å². The van der Waals surface area contributed by atoms with E-state index in [0.717, 1.165) is 36.2 Å². The third kappa shape index (κ3) is 2.81. The monoisotopic (exact) mass is 517 g/mol. The number of phenols is 1. The van der Waals surface area contributed by atoms with Crippen LogP contribution >= 0.6 is 15.9 Å². The minimum Gasteiger partial charge on any atom is -1.00 e. The molecule has 2 bridgehead atoms. The molecule has 0 radical (unpaired) electrons. The number of aromatic hydroxyl groups is 1. The van der Waals surface area contributed by atoms with Crippen molar-refractivity contribution in [1.29, 1.82) is 0 Å². The molecule has 0 aromatic heterocycles. The van der Waals surface area contributed by atoms with Crippen LogP contribution in [0.4, 0.5) is 0 Å². The van der Waals surface area contributed by atoms with Crippen molar-refractivity contribution in [2.24, 2.45) is 11.8 Å². The zero-order valence-corrected chi connectivity index (χ0v) is 20.3. The number of benzene rings is 2. The second-order valence-electron chi connectivity index (χ2n) is 10.6. The van der Waals surface area contributed by atoms with Crippen LogP contribution in [-0.4, -0.2) is 41.6 Å². The van der Waals surface area contributed by atoms with Gasteiger partial charge in [-0.15, -0.1) is 0 Å². The molecular formula is C26H29BrClNO3. The molecule has 1 saturated heterocycles. The standard InChI is InChI=1S/C26H28BrNO3.ClH/c27-17-6-3-15(4-7-17)18-12-19-20-11-16-5-8-21(29)24-22(16)26(19,25(31-24)23(18)30)9-10-28(20)13-14-1-2-14;/h3-8,14,18-20,23,25,29-30H,1-2,9-13H2;1H/t18-,19?,20-,23+,25+,26+;/m1./s1. The van der Waals surface area contributed by atoms with Crippen LogP contribution in [0.1, 0.15) is 48.3 Å². The van der Waals surface area contributed by atoms with Crippen LogP contribution in [-0.2, 0) is 11.8 Å². The maximum atomic E-state index is 11.7. The Morgan fingerprint density at radius 2 is 1.91 bits per heavy atom. The highest BCUT2D eigenvalue weighted by atomic mass is 79.9. The third-order valence-electron chi connectivity index (χ3n) is 9.19. The first-order chi connectivity index (χ1) is 15.1. The SMILES string of the molecule is Oc1ccc2c3c1O[C@H]1[C@@H](O)[C@@H](c4ccc(Br)cc4)CC4[C@@H](C2)[NH+](CC2CC2)CC[C@@]341.[Cl-]. The van der Waals surface area contributed by atoms with Crippen LogP contribution in [0.3, 0.4) is 0 Å². The van der Waals surface area contributed by atoms with E-state index < -0.39 is 6.10 Å². The normalized spacial score (nSPS) is 38.4. The molecule has 170 valence electrons. The Morgan fingerprint density at radius 1 is 1.12 bits per heavy atom. The van der Waals surface area contributed by atoms with Crippen molar-refractivity contribution in [3.05, 3.63) is 57.6 Å². The second-order valence-corrected chi connectivity index (χ2v) is 11.5. The van der Waals surface area contributed by atoms with E-state index in [0.29, 0.717) is 17.7 Å². The molecule has 5 aliphatic rings. The number of likely N-dealkylation sites (tertiary alicyclic amines) is 1. The van der Waals surface area contributed by atoms with E-state index in [1.165, 1.54) is 36.1 Å². The molecule has 6 heteroatoms. The lowest BCUT2D eigenvalue weighted by Crippen LogP contribution is -3.19. The fraction of sp³-hybridized carbons (Fsp3) is 0.538. The molecule has 2 aromatic carbocycles. The van der Waals surface area contributed by atoms with E-state index in [2.05, 4.69) is 46.3 Å². The molecule has 3 aliphatic carbocycles. The molecule has 7 rings (SSSR count). The summed E-state index contributed by atoms with van der Waals surface area (Å²) in [5.41, 5.74) is 3.63. The van der Waals surface area contributed by atoms with Crippen molar-refractivity contribution in [3.63, 3.8) is 0 Å². The summed E-state index contributed by atoms with van der Waals surface area (Å²) in [6.45, 7) is 2.45. The maximum Gasteiger partial charge on any atom is 0.165 e. The van der Waals surface area contributed by atoms with Gasteiger partial charge in [-0.2, -0.15) is 0 Å². The number of quaternary nitrogens is 1. The average molecular weight is 519 g/mol. The Bertz CT molecular complexity index is 1060. The van der Waals surface area contributed by atoms with E-state index in [9.17, 15) is 10.2 Å². The summed E-state index contributed by atoms with van der Waals surface area (Å²) in [5.74, 6) is 2.35. The summed E-state index contributed by atoms with van der Waals surface area (Å²) in [6, 6.07) is 13.0. The predicted molar refractivity (Wildman–Crippen MR) is 121 cm³/mol. The molecule has 0 amide bonds. The van der Waals surface area contributed by atoms with Crippen LogP contribution in [0.5, 0.6) is 11.5 Å². The molecule has 1 spiro atoms. The van der Waals surface area contributed by atoms with Gasteiger partial charge in [0.2, 0.25) is 0 Å². The van der Waals surface area contributed by atoms with Crippen molar-refractivity contribution in [1.82, 2.24) is 0 Å². The number of hydrogen-bond donors (Lipinski definition) is 3. The second kappa shape index (κ2) is 7.36. The van der Waals surface area contributed by atoms with Gasteiger partial charge in [0.25, 0.3) is 0 Å². The summed E-state index contributed by atoms with van der Waals surface area (Å²) in [6.07, 6.45) is 5.06. The predicted octanol–water partition coefficient (Wildman–Crippen LogP) is -0.0546. The van der Waals surface area contributed by atoms with E-state index in [-0.39, 0.29) is 35.6 Å². The largest absolute Gasteiger partial charge is 1.00 e. The van der Waals surface area contributed by atoms with Gasteiger partial charge in [-0.1, -0.05) is 34.1 Å². The lowest BCUT2D eigenvalue weighted by atomic mass is 9.49. The Labute approximate surface area is 203 Å². The van der Waals surface area contributed by atoms with Crippen molar-refractivity contribution >= 4 is 15.9 Å². The number of aliphatic hydroxyl groups is 1. The van der Waals surface area contributed by atoms with E-state index in [4.69, 9.17) is 4.74 Å². The molecule has 4 nitrogen and oxygen atoms in total. The highest BCUT2D eigenvalue weighted by Crippen LogP contribution is 2.63. The number of halogens is 2. The highest BCUT2D eigenvalue weighted by Gasteiger charge is 2.69. The van der Waals surface area contributed by atoms with Gasteiger partial charge in [0.15, 0.2) is 11.5 Å². The Balaban J connectivity index is 0.00000196. The summed E-state index contributed by atoms with van der Waals surface area (Å²) in [5, 5.41) is 22.3. The number of aliphatic hydroxyl groups excluding tert-OH is 1. The molecule has 2 aromatic rings. The maximum absolute atomic E-state index is 11.7. The topological polar surface area (TPSA) is 54.1 Å². The molecule has 3 fully saturated rings. The van der Waals surface area contributed by atoms with Gasteiger partial charge in [0.05, 0.1) is 30.7 Å². The number of ether oxygens (including phenoxy) is 1. The Morgan fingerprint density at radius 3 is 2.66 bits per heavy atom. The van der Waals surface area contributed by atoms with Crippen molar-refractivity contribution in [2.75, 3.05) is 13.1 Å². The van der Waals surface area contributed by atoms with E-state index >= 15 is 0 Å². The first-order valence-corrected chi connectivity index (χ1v) is 12.7. The molecule has 3 N–H and O–H groups in total. The quantitative estimate of drug-likeness (QED) is 0.534. The first kappa shape index (κ1) is 21.3. The molecule has 2 aliphatic heterocycles. The summed E-state index contributed by atoms with van der Waals surface area (Å²) < 4.78 is 7.57. The summed E-state index contributed by atoms with van der Waals surface area (Å²) >= 11 is 3.55. The number of nitrogens with one attached hydrogen (secondary N) is 1. The molecule has 2 saturated carbocycles. The molecule has 2 heterocycles. The highest BCUT2D eigenvalue weighted by molar-refractivity contribution is 9.10. The van der Waals surface area contributed by atoms with Gasteiger partial charge in [-0.25, -0.2) is 0 Å². The number of phenolic OH excluding ortho intramolecular Hbond substituents is 1. The average Bonchev–Trinajstić information content (AvgIpc) is 3.51. The zero-order valence-electron chi connectivity index (χ0n) is 17.9. The van der Waals surface area contributed by atoms with Crippen LogP contribution in [0.25, 0.3) is 0 Å². The summed E-state index contributed by atoms with van der Waals surface area (Å²) in [4.78, 5) is 1.77. The molecule has 7 atom stereocenters. The Hall–Kier alpha value is -1.27. The minimum absolute atomic E-state index is 0. The summed E-state index contributed by atoms with van der Waals surface area (Å²) in [7, 11) is 0. The minimum atomic E-state index is -0.569. The lowest BCUT2D eigenvalue weighted by Gasteiger charge is -2.58. The zero-order chi connectivity index (χ0) is 20.9. The van der Waals surface area contributed by atoms with E-state index in [1.54, 1.807) is 11.0 Å². The van der Waals surface area contributed by atoms with Gasteiger partial charge in [0, 0.05) is 40.6 Å². The fourth-order valence-corrected chi connectivity index (χ4v) is 7.98. The van der Waals surface area contributed by atoms with Crippen molar-refractivity contribution in [3.8, 4) is 11.5 Å². The van der Waals surface area contributed by atoms with Gasteiger partial charge in [0.1, 0.15) is 6.10 Å². The first-order valence-electron chi connectivity index (χ1n) is 11.9. The number of rotatable bonds is 3. The van der Waals surface area contributed by atoms with Gasteiger partial charge in [-0.05, 0) is 48.6 Å². The molecule has 32 heavy (non-hydrogen) atoms. The van der Waals surface area contributed by atoms with Crippen molar-refractivity contribution < 1.29 is 32.3 Å². The van der Waals surface area contributed by atoms with E-state index in [1.807, 2.05) is 0 Å².